The number of quaternary nitrogens is 2. The lowest BCUT2D eigenvalue weighted by Gasteiger charge is -2.27. The van der Waals surface area contributed by atoms with E-state index in [0.29, 0.717) is 0 Å². The van der Waals surface area contributed by atoms with Crippen molar-refractivity contribution in [2.75, 3.05) is 47.3 Å². The molecule has 28 heavy (non-hydrogen) atoms. The molecule has 2 aromatic carbocycles. The zero-order valence-electron chi connectivity index (χ0n) is 18.5. The van der Waals surface area contributed by atoms with E-state index in [1.54, 1.807) is 11.1 Å². The van der Waals surface area contributed by atoms with E-state index in [1.165, 1.54) is 48.2 Å². The van der Waals surface area contributed by atoms with Gasteiger partial charge in [0.2, 0.25) is 0 Å². The van der Waals surface area contributed by atoms with Crippen LogP contribution in [0.1, 0.15) is 33.4 Å². The minimum absolute atomic E-state index is 0.160. The van der Waals surface area contributed by atoms with Crippen molar-refractivity contribution in [2.45, 2.75) is 39.5 Å². The van der Waals surface area contributed by atoms with E-state index in [4.69, 9.17) is 0 Å². The average Bonchev–Trinajstić information content (AvgIpc) is 2.87. The van der Waals surface area contributed by atoms with Crippen molar-refractivity contribution >= 4 is 0 Å². The Morgan fingerprint density at radius 3 is 1.50 bits per heavy atom. The van der Waals surface area contributed by atoms with Gasteiger partial charge in [-0.2, -0.15) is 4.65 Å². The van der Waals surface area contributed by atoms with Gasteiger partial charge in [0.15, 0.2) is 0 Å². The Bertz CT molecular complexity index is 754. The van der Waals surface area contributed by atoms with E-state index in [0.717, 1.165) is 30.4 Å². The van der Waals surface area contributed by atoms with E-state index in [1.807, 2.05) is 7.05 Å². The van der Waals surface area contributed by atoms with Crippen LogP contribution in [0.15, 0.2) is 36.4 Å². The summed E-state index contributed by atoms with van der Waals surface area (Å²) >= 11 is 0. The first-order valence-corrected chi connectivity index (χ1v) is 10.7. The topological polar surface area (TPSA) is 20.2 Å². The SMILES string of the molecule is Cc1ccc2c(c1)CC[N+](C)(C)CC2.Cc1ccc2c(c1)CC[N+](C)(O)CC2. The van der Waals surface area contributed by atoms with Gasteiger partial charge in [0.05, 0.1) is 34.2 Å². The quantitative estimate of drug-likeness (QED) is 0.680. The van der Waals surface area contributed by atoms with Gasteiger partial charge in [-0.25, -0.2) is 5.21 Å². The first-order chi connectivity index (χ1) is 13.1. The average molecular weight is 383 g/mol. The molecule has 2 heterocycles. The number of nitrogens with zero attached hydrogens (tertiary/aromatic N) is 2. The van der Waals surface area contributed by atoms with E-state index < -0.39 is 0 Å². The summed E-state index contributed by atoms with van der Waals surface area (Å²) in [5.74, 6) is 0. The molecule has 0 fully saturated rings. The van der Waals surface area contributed by atoms with Crippen LogP contribution in [-0.2, 0) is 25.7 Å². The van der Waals surface area contributed by atoms with Crippen LogP contribution < -0.4 is 0 Å². The second-order valence-electron chi connectivity index (χ2n) is 9.71. The molecule has 0 saturated carbocycles. The van der Waals surface area contributed by atoms with Crippen LogP contribution in [0.4, 0.5) is 0 Å². The number of benzene rings is 2. The third kappa shape index (κ3) is 5.66. The van der Waals surface area contributed by atoms with Gasteiger partial charge in [0.1, 0.15) is 13.1 Å². The monoisotopic (exact) mass is 382 g/mol. The van der Waals surface area contributed by atoms with Crippen LogP contribution in [-0.4, -0.2) is 61.7 Å². The Kier molecular flexibility index (Phi) is 6.28. The molecule has 0 amide bonds. The molecule has 1 atom stereocenters. The van der Waals surface area contributed by atoms with Gasteiger partial charge >= 0.3 is 0 Å². The fraction of sp³-hybridized carbons (Fsp3) is 0.520. The molecule has 2 aliphatic rings. The molecular weight excluding hydrogens is 344 g/mol. The highest BCUT2D eigenvalue weighted by atomic mass is 16.5. The van der Waals surface area contributed by atoms with Gasteiger partial charge in [0.25, 0.3) is 0 Å². The second kappa shape index (κ2) is 8.36. The summed E-state index contributed by atoms with van der Waals surface area (Å²) in [6.07, 6.45) is 4.46. The highest BCUT2D eigenvalue weighted by molar-refractivity contribution is 5.33. The highest BCUT2D eigenvalue weighted by Gasteiger charge is 2.23. The van der Waals surface area contributed by atoms with E-state index >= 15 is 0 Å². The summed E-state index contributed by atoms with van der Waals surface area (Å²) in [7, 11) is 6.55. The molecule has 0 aliphatic carbocycles. The lowest BCUT2D eigenvalue weighted by Crippen LogP contribution is -2.42. The number of fused-ring (bicyclic) bond motifs is 2. The molecule has 2 aliphatic heterocycles. The number of likely N-dealkylation sites (N-methyl/N-ethyl adjacent to an activating group) is 2. The Balaban J connectivity index is 0.000000161. The van der Waals surface area contributed by atoms with Crippen molar-refractivity contribution < 1.29 is 14.3 Å². The molecule has 2 aromatic rings. The summed E-state index contributed by atoms with van der Waals surface area (Å²) in [5.41, 5.74) is 8.69. The second-order valence-corrected chi connectivity index (χ2v) is 9.71. The van der Waals surface area contributed by atoms with Crippen LogP contribution in [0, 0.1) is 13.8 Å². The Labute approximate surface area is 171 Å². The summed E-state index contributed by atoms with van der Waals surface area (Å²) in [6.45, 7) is 8.52. The summed E-state index contributed by atoms with van der Waals surface area (Å²) in [6, 6.07) is 13.5. The number of hydrogen-bond acceptors (Lipinski definition) is 1. The maximum atomic E-state index is 9.93. The molecule has 0 saturated heterocycles. The highest BCUT2D eigenvalue weighted by Crippen LogP contribution is 2.20. The van der Waals surface area contributed by atoms with Crippen molar-refractivity contribution in [3.8, 4) is 0 Å². The predicted molar refractivity (Wildman–Crippen MR) is 117 cm³/mol. The molecule has 152 valence electrons. The summed E-state index contributed by atoms with van der Waals surface area (Å²) in [4.78, 5) is 0. The molecule has 3 heteroatoms. The van der Waals surface area contributed by atoms with Gasteiger partial charge in [-0.3, -0.25) is 0 Å². The maximum Gasteiger partial charge on any atom is 0.112 e. The predicted octanol–water partition coefficient (Wildman–Crippen LogP) is 4.10. The Morgan fingerprint density at radius 1 is 0.607 bits per heavy atom. The van der Waals surface area contributed by atoms with Crippen molar-refractivity contribution in [3.05, 3.63) is 69.8 Å². The van der Waals surface area contributed by atoms with E-state index in [9.17, 15) is 5.21 Å². The van der Waals surface area contributed by atoms with Crippen LogP contribution >= 0.6 is 0 Å². The minimum atomic E-state index is 0.160. The maximum absolute atomic E-state index is 9.93. The molecule has 0 radical (unpaired) electrons. The smallest absolute Gasteiger partial charge is 0.112 e. The van der Waals surface area contributed by atoms with Gasteiger partial charge < -0.3 is 4.48 Å². The van der Waals surface area contributed by atoms with E-state index in [-0.39, 0.29) is 4.65 Å². The molecular formula is C25H38N2O+2. The third-order valence-corrected chi connectivity index (χ3v) is 6.42. The van der Waals surface area contributed by atoms with Crippen molar-refractivity contribution in [3.63, 3.8) is 0 Å². The summed E-state index contributed by atoms with van der Waals surface area (Å²) in [5, 5.41) is 9.93. The minimum Gasteiger partial charge on any atom is -0.328 e. The standard InChI is InChI=1S/C13H20N.C12H18NO/c1-11-4-5-12-6-8-14(2,3)9-7-13(12)10-11;1-10-3-4-11-5-7-13(2,14)8-6-12(11)9-10/h4-5,10H,6-9H2,1-3H3;3-4,9,14H,5-8H2,1-2H3/q2*+1. The Morgan fingerprint density at radius 2 is 1.00 bits per heavy atom. The zero-order valence-corrected chi connectivity index (χ0v) is 18.5. The fourth-order valence-corrected chi connectivity index (χ4v) is 4.26. The van der Waals surface area contributed by atoms with Crippen molar-refractivity contribution in [1.82, 2.24) is 0 Å². The van der Waals surface area contributed by atoms with Gasteiger partial charge in [-0.1, -0.05) is 47.5 Å². The lowest BCUT2D eigenvalue weighted by molar-refractivity contribution is -1.09. The van der Waals surface area contributed by atoms with Crippen LogP contribution in [0.5, 0.6) is 0 Å². The third-order valence-electron chi connectivity index (χ3n) is 6.42. The van der Waals surface area contributed by atoms with Gasteiger partial charge in [0, 0.05) is 25.7 Å². The number of aryl methyl sites for hydroxylation is 2. The molecule has 0 spiro atoms. The number of hydrogen-bond donors (Lipinski definition) is 1. The van der Waals surface area contributed by atoms with Crippen molar-refractivity contribution in [1.29, 1.82) is 0 Å². The van der Waals surface area contributed by atoms with Gasteiger partial charge in [-0.05, 0) is 36.1 Å². The zero-order chi connectivity index (χ0) is 20.4. The number of hydroxylamine groups is 3. The molecule has 0 bridgehead atoms. The molecule has 3 nitrogen and oxygen atoms in total. The van der Waals surface area contributed by atoms with Crippen LogP contribution in [0.25, 0.3) is 0 Å². The molecule has 1 N–H and O–H groups in total. The summed E-state index contributed by atoms with van der Waals surface area (Å²) < 4.78 is 1.32. The number of rotatable bonds is 0. The van der Waals surface area contributed by atoms with Crippen molar-refractivity contribution in [2.24, 2.45) is 0 Å². The fourth-order valence-electron chi connectivity index (χ4n) is 4.26. The lowest BCUT2D eigenvalue weighted by atomic mass is 10.0. The molecule has 1 unspecified atom stereocenters. The first kappa shape index (κ1) is 21.0. The van der Waals surface area contributed by atoms with E-state index in [2.05, 4.69) is 64.3 Å². The first-order valence-electron chi connectivity index (χ1n) is 10.7. The Hall–Kier alpha value is -1.68. The van der Waals surface area contributed by atoms with Gasteiger partial charge in [-0.15, -0.1) is 0 Å². The van der Waals surface area contributed by atoms with Crippen LogP contribution in [0.3, 0.4) is 0 Å². The normalized spacial score (nSPS) is 23.4. The molecule has 0 aromatic heterocycles. The van der Waals surface area contributed by atoms with Crippen LogP contribution in [0.2, 0.25) is 0 Å². The molecule has 4 rings (SSSR count). The largest absolute Gasteiger partial charge is 0.328 e.